The maximum atomic E-state index is 10.9. The van der Waals surface area contributed by atoms with E-state index in [1.165, 1.54) is 64.9 Å². The first-order chi connectivity index (χ1) is 11.2. The van der Waals surface area contributed by atoms with Crippen LogP contribution in [0.1, 0.15) is 96.8 Å². The molecule has 0 aromatic heterocycles. The van der Waals surface area contributed by atoms with E-state index in [4.69, 9.17) is 0 Å². The Labute approximate surface area is 142 Å². The summed E-state index contributed by atoms with van der Waals surface area (Å²) >= 11 is 0. The van der Waals surface area contributed by atoms with Gasteiger partial charge >= 0.3 is 5.97 Å². The van der Waals surface area contributed by atoms with Crippen LogP contribution < -0.4 is 0 Å². The fraction of sp³-hybridized carbons (Fsp3) is 0.800. The second-order valence-corrected chi connectivity index (χ2v) is 6.36. The number of unbranched alkanes of at least 4 members (excludes halogenated alkanes) is 10. The van der Waals surface area contributed by atoms with Crippen molar-refractivity contribution in [2.24, 2.45) is 0 Å². The van der Waals surface area contributed by atoms with Crippen molar-refractivity contribution in [3.05, 3.63) is 12.2 Å². The molecule has 0 bridgehead atoms. The molecule has 0 fully saturated rings. The van der Waals surface area contributed by atoms with Gasteiger partial charge in [0.2, 0.25) is 0 Å². The number of carbonyl (C=O) groups is 2. The number of hydrogen-bond donors (Lipinski definition) is 0. The van der Waals surface area contributed by atoms with Crippen molar-refractivity contribution in [2.45, 2.75) is 96.8 Å². The molecule has 3 nitrogen and oxygen atoms in total. The molecular formula is C20H36O3. The van der Waals surface area contributed by atoms with E-state index < -0.39 is 0 Å². The molecule has 23 heavy (non-hydrogen) atoms. The summed E-state index contributed by atoms with van der Waals surface area (Å²) < 4.78 is 4.62. The van der Waals surface area contributed by atoms with E-state index >= 15 is 0 Å². The molecule has 0 unspecified atom stereocenters. The summed E-state index contributed by atoms with van der Waals surface area (Å²) in [6.07, 6.45) is 20.2. The third-order valence-corrected chi connectivity index (χ3v) is 4.05. The lowest BCUT2D eigenvalue weighted by atomic mass is 10.1. The smallest absolute Gasteiger partial charge is 0.305 e. The molecule has 0 N–H and O–H groups in total. The molecule has 0 aromatic carbocycles. The van der Waals surface area contributed by atoms with Gasteiger partial charge in [-0.05, 0) is 45.4 Å². The Morgan fingerprint density at radius 1 is 0.696 bits per heavy atom. The lowest BCUT2D eigenvalue weighted by molar-refractivity contribution is -0.140. The third-order valence-electron chi connectivity index (χ3n) is 4.05. The Bertz CT molecular complexity index is 321. The third kappa shape index (κ3) is 18.8. The van der Waals surface area contributed by atoms with Gasteiger partial charge in [0, 0.05) is 12.8 Å². The van der Waals surface area contributed by atoms with Crippen molar-refractivity contribution in [2.75, 3.05) is 7.11 Å². The number of ketones is 1. The number of hydrogen-bond acceptors (Lipinski definition) is 3. The Hall–Kier alpha value is -1.12. The van der Waals surface area contributed by atoms with Crippen LogP contribution in [-0.4, -0.2) is 18.9 Å². The fourth-order valence-electron chi connectivity index (χ4n) is 2.57. The molecule has 0 saturated carbocycles. The fourth-order valence-corrected chi connectivity index (χ4v) is 2.57. The number of esters is 1. The van der Waals surface area contributed by atoms with E-state index in [9.17, 15) is 9.59 Å². The van der Waals surface area contributed by atoms with E-state index in [1.807, 2.05) is 0 Å². The highest BCUT2D eigenvalue weighted by Gasteiger charge is 1.98. The molecule has 3 heteroatoms. The molecule has 0 aliphatic heterocycles. The Morgan fingerprint density at radius 3 is 1.61 bits per heavy atom. The lowest BCUT2D eigenvalue weighted by Crippen LogP contribution is -1.98. The maximum Gasteiger partial charge on any atom is 0.305 e. The molecule has 134 valence electrons. The van der Waals surface area contributed by atoms with Crippen molar-refractivity contribution < 1.29 is 14.3 Å². The summed E-state index contributed by atoms with van der Waals surface area (Å²) in [5.41, 5.74) is 0. The zero-order chi connectivity index (χ0) is 17.2. The summed E-state index contributed by atoms with van der Waals surface area (Å²) in [6, 6.07) is 0. The van der Waals surface area contributed by atoms with Gasteiger partial charge in [0.1, 0.15) is 5.78 Å². The van der Waals surface area contributed by atoms with Crippen molar-refractivity contribution in [3.63, 3.8) is 0 Å². The number of allylic oxidation sites excluding steroid dienone is 2. The maximum absolute atomic E-state index is 10.9. The van der Waals surface area contributed by atoms with Crippen LogP contribution in [0, 0.1) is 0 Å². The van der Waals surface area contributed by atoms with Gasteiger partial charge in [-0.25, -0.2) is 0 Å². The van der Waals surface area contributed by atoms with Gasteiger partial charge in [0.15, 0.2) is 0 Å². The van der Waals surface area contributed by atoms with Crippen molar-refractivity contribution >= 4 is 11.8 Å². The highest BCUT2D eigenvalue weighted by Crippen LogP contribution is 2.10. The molecule has 0 saturated heterocycles. The predicted octanol–water partition coefficient (Wildman–Crippen LogP) is 5.77. The van der Waals surface area contributed by atoms with Crippen molar-refractivity contribution in [1.29, 1.82) is 0 Å². The largest absolute Gasteiger partial charge is 0.469 e. The molecule has 0 radical (unpaired) electrons. The molecule has 0 amide bonds. The van der Waals surface area contributed by atoms with Crippen LogP contribution in [-0.2, 0) is 14.3 Å². The molecule has 0 atom stereocenters. The van der Waals surface area contributed by atoms with Gasteiger partial charge < -0.3 is 9.53 Å². The number of Topliss-reactive ketones (excluding diaryl/α,β-unsaturated/α-hetero) is 1. The first-order valence-corrected chi connectivity index (χ1v) is 9.38. The zero-order valence-corrected chi connectivity index (χ0v) is 15.3. The summed E-state index contributed by atoms with van der Waals surface area (Å²) in [5.74, 6) is 0.225. The van der Waals surface area contributed by atoms with E-state index in [0.717, 1.165) is 25.7 Å². The minimum absolute atomic E-state index is 0.0909. The first-order valence-electron chi connectivity index (χ1n) is 9.38. The molecule has 0 aromatic rings. The topological polar surface area (TPSA) is 43.4 Å². The second-order valence-electron chi connectivity index (χ2n) is 6.36. The van der Waals surface area contributed by atoms with Crippen molar-refractivity contribution in [3.8, 4) is 0 Å². The number of methoxy groups -OCH3 is 1. The van der Waals surface area contributed by atoms with Crippen LogP contribution in [0.2, 0.25) is 0 Å². The Balaban J connectivity index is 3.14. The van der Waals surface area contributed by atoms with E-state index in [2.05, 4.69) is 16.9 Å². The van der Waals surface area contributed by atoms with Crippen LogP contribution in [0.25, 0.3) is 0 Å². The predicted molar refractivity (Wildman–Crippen MR) is 96.5 cm³/mol. The van der Waals surface area contributed by atoms with Gasteiger partial charge in [-0.1, -0.05) is 50.7 Å². The van der Waals surface area contributed by atoms with Gasteiger partial charge in [-0.15, -0.1) is 0 Å². The average molecular weight is 325 g/mol. The molecule has 0 heterocycles. The standard InChI is InChI=1S/C20H36O3/c1-19(21)17-15-13-11-9-7-5-3-4-6-8-10-12-14-16-18-20(22)23-2/h3-4H,5-18H2,1-2H3/b4-3+. The van der Waals surface area contributed by atoms with E-state index in [-0.39, 0.29) is 5.97 Å². The van der Waals surface area contributed by atoms with Gasteiger partial charge in [0.25, 0.3) is 0 Å². The number of ether oxygens (including phenoxy) is 1. The van der Waals surface area contributed by atoms with Crippen molar-refractivity contribution in [1.82, 2.24) is 0 Å². The van der Waals surface area contributed by atoms with Crippen LogP contribution in [0.4, 0.5) is 0 Å². The highest BCUT2D eigenvalue weighted by atomic mass is 16.5. The van der Waals surface area contributed by atoms with Crippen LogP contribution in [0.15, 0.2) is 12.2 Å². The molecule has 0 aliphatic carbocycles. The molecule has 0 rings (SSSR count). The molecular weight excluding hydrogens is 288 g/mol. The van der Waals surface area contributed by atoms with E-state index in [1.54, 1.807) is 6.92 Å². The quantitative estimate of drug-likeness (QED) is 0.206. The highest BCUT2D eigenvalue weighted by molar-refractivity contribution is 5.75. The van der Waals surface area contributed by atoms with Gasteiger partial charge in [-0.2, -0.15) is 0 Å². The van der Waals surface area contributed by atoms with Gasteiger partial charge in [0.05, 0.1) is 7.11 Å². The number of carbonyl (C=O) groups excluding carboxylic acids is 2. The summed E-state index contributed by atoms with van der Waals surface area (Å²) in [6.45, 7) is 1.67. The summed E-state index contributed by atoms with van der Waals surface area (Å²) in [5, 5.41) is 0. The normalized spacial score (nSPS) is 11.0. The van der Waals surface area contributed by atoms with Crippen LogP contribution >= 0.6 is 0 Å². The number of rotatable bonds is 16. The minimum atomic E-state index is -0.0909. The van der Waals surface area contributed by atoms with E-state index in [0.29, 0.717) is 12.2 Å². The van der Waals surface area contributed by atoms with Crippen LogP contribution in [0.3, 0.4) is 0 Å². The monoisotopic (exact) mass is 324 g/mol. The summed E-state index contributed by atoms with van der Waals surface area (Å²) in [7, 11) is 1.45. The zero-order valence-electron chi connectivity index (χ0n) is 15.3. The Morgan fingerprint density at radius 2 is 1.13 bits per heavy atom. The lowest BCUT2D eigenvalue weighted by Gasteiger charge is -2.00. The summed E-state index contributed by atoms with van der Waals surface area (Å²) in [4.78, 5) is 21.7. The first kappa shape index (κ1) is 21.9. The average Bonchev–Trinajstić information content (AvgIpc) is 2.53. The second kappa shape index (κ2) is 17.2. The molecule has 0 aliphatic rings. The van der Waals surface area contributed by atoms with Crippen LogP contribution in [0.5, 0.6) is 0 Å². The minimum Gasteiger partial charge on any atom is -0.469 e. The Kier molecular flexibility index (Phi) is 16.4. The molecule has 0 spiro atoms. The SMILES string of the molecule is COC(=O)CCCCCCC/C=C/CCCCCCCC(C)=O. The van der Waals surface area contributed by atoms with Gasteiger partial charge in [-0.3, -0.25) is 4.79 Å².